The molecule has 0 spiro atoms. The van der Waals surface area contributed by atoms with Gasteiger partial charge in [-0.1, -0.05) is 12.7 Å². The Morgan fingerprint density at radius 1 is 1.26 bits per heavy atom. The Morgan fingerprint density at radius 2 is 2.10 bits per heavy atom. The molecule has 0 radical (unpaired) electrons. The Kier molecular flexibility index (Phi) is 6.19. The van der Waals surface area contributed by atoms with Gasteiger partial charge in [0.25, 0.3) is 0 Å². The molecule has 31 heavy (non-hydrogen) atoms. The number of rotatable bonds is 8. The van der Waals surface area contributed by atoms with Gasteiger partial charge in [0.1, 0.15) is 23.4 Å². The van der Waals surface area contributed by atoms with Crippen LogP contribution < -0.4 is 5.32 Å². The van der Waals surface area contributed by atoms with Crippen molar-refractivity contribution < 1.29 is 9.47 Å². The molecule has 4 heterocycles. The first-order valence-corrected chi connectivity index (χ1v) is 10.7. The molecule has 3 aromatic heterocycles. The Hall–Kier alpha value is -2.98. The zero-order valence-corrected chi connectivity index (χ0v) is 19.3. The third-order valence-electron chi connectivity index (χ3n) is 4.97. The van der Waals surface area contributed by atoms with E-state index in [1.807, 2.05) is 26.2 Å². The van der Waals surface area contributed by atoms with E-state index < -0.39 is 0 Å². The van der Waals surface area contributed by atoms with E-state index in [4.69, 9.17) is 9.47 Å². The highest BCUT2D eigenvalue weighted by Crippen LogP contribution is 2.25. The van der Waals surface area contributed by atoms with Gasteiger partial charge in [0.15, 0.2) is 10.4 Å². The van der Waals surface area contributed by atoms with Crippen LogP contribution in [-0.2, 0) is 30.2 Å². The molecular weight excluding hydrogens is 462 g/mol. The number of allylic oxidation sites excluding steroid dienone is 2. The maximum absolute atomic E-state index is 5.86. The van der Waals surface area contributed by atoms with Crippen LogP contribution >= 0.6 is 15.9 Å². The SMILES string of the molecule is C=CC1=C(OCCOCc2c(-c3ncc4c(n3)c(Br)nn4C)cnn2C)C=CC(C)N1. The highest BCUT2D eigenvalue weighted by molar-refractivity contribution is 9.10. The summed E-state index contributed by atoms with van der Waals surface area (Å²) >= 11 is 3.45. The number of hydrogen-bond donors (Lipinski definition) is 1. The largest absolute Gasteiger partial charge is 0.489 e. The van der Waals surface area contributed by atoms with Gasteiger partial charge in [0.2, 0.25) is 0 Å². The monoisotopic (exact) mass is 485 g/mol. The Balaban J connectivity index is 1.41. The molecule has 0 aromatic carbocycles. The lowest BCUT2D eigenvalue weighted by atomic mass is 10.2. The fourth-order valence-electron chi connectivity index (χ4n) is 3.30. The predicted octanol–water partition coefficient (Wildman–Crippen LogP) is 3.00. The third kappa shape index (κ3) is 4.40. The van der Waals surface area contributed by atoms with E-state index in [-0.39, 0.29) is 6.04 Å². The molecule has 9 nitrogen and oxygen atoms in total. The minimum absolute atomic E-state index is 0.258. The number of nitrogens with one attached hydrogen (secondary N) is 1. The molecule has 1 N–H and O–H groups in total. The lowest BCUT2D eigenvalue weighted by molar-refractivity contribution is 0.0653. The first kappa shape index (κ1) is 21.3. The maximum Gasteiger partial charge on any atom is 0.163 e. The second-order valence-electron chi connectivity index (χ2n) is 7.15. The fourth-order valence-corrected chi connectivity index (χ4v) is 3.83. The van der Waals surface area contributed by atoms with Crippen molar-refractivity contribution in [2.45, 2.75) is 19.6 Å². The van der Waals surface area contributed by atoms with Crippen molar-refractivity contribution in [1.29, 1.82) is 0 Å². The van der Waals surface area contributed by atoms with Crippen LogP contribution in [0.15, 0.2) is 53.3 Å². The minimum Gasteiger partial charge on any atom is -0.489 e. The molecule has 4 rings (SSSR count). The average molecular weight is 486 g/mol. The van der Waals surface area contributed by atoms with Crippen molar-refractivity contribution >= 4 is 27.0 Å². The fraction of sp³-hybridized carbons (Fsp3) is 0.333. The molecule has 3 aromatic rings. The topological polar surface area (TPSA) is 91.9 Å². The summed E-state index contributed by atoms with van der Waals surface area (Å²) in [5.74, 6) is 1.35. The molecule has 0 aliphatic carbocycles. The summed E-state index contributed by atoms with van der Waals surface area (Å²) in [4.78, 5) is 9.16. The van der Waals surface area contributed by atoms with Gasteiger partial charge in [-0.15, -0.1) is 0 Å². The number of aromatic nitrogens is 6. The van der Waals surface area contributed by atoms with Crippen molar-refractivity contribution in [3.8, 4) is 11.4 Å². The number of halogens is 1. The summed E-state index contributed by atoms with van der Waals surface area (Å²) in [5.41, 5.74) is 4.21. The van der Waals surface area contributed by atoms with E-state index in [9.17, 15) is 0 Å². The van der Waals surface area contributed by atoms with E-state index in [0.29, 0.717) is 30.2 Å². The molecule has 0 amide bonds. The van der Waals surface area contributed by atoms with Crippen LogP contribution in [0.5, 0.6) is 0 Å². The highest BCUT2D eigenvalue weighted by Gasteiger charge is 2.17. The highest BCUT2D eigenvalue weighted by atomic mass is 79.9. The van der Waals surface area contributed by atoms with Crippen LogP contribution in [0.2, 0.25) is 0 Å². The van der Waals surface area contributed by atoms with Crippen LogP contribution in [0, 0.1) is 0 Å². The van der Waals surface area contributed by atoms with E-state index in [0.717, 1.165) is 33.7 Å². The Labute approximate surface area is 188 Å². The van der Waals surface area contributed by atoms with Gasteiger partial charge in [-0.25, -0.2) is 9.97 Å². The summed E-state index contributed by atoms with van der Waals surface area (Å²) in [6.45, 7) is 7.11. The Bertz CT molecular complexity index is 1180. The lowest BCUT2D eigenvalue weighted by Gasteiger charge is -2.20. The number of dihydropyridines is 1. The summed E-state index contributed by atoms with van der Waals surface area (Å²) < 4.78 is 15.9. The molecule has 1 aliphatic rings. The van der Waals surface area contributed by atoms with E-state index >= 15 is 0 Å². The predicted molar refractivity (Wildman–Crippen MR) is 121 cm³/mol. The molecule has 0 fully saturated rings. The standard InChI is InChI=1S/C21H24BrN7O2/c1-5-15-18(7-6-13(2)25-15)31-9-8-30-12-17-14(10-24-28(17)3)21-23-11-16-19(26-21)20(22)27-29(16)4/h5-7,10-11,13,25H,1,8-9,12H2,2-4H3. The van der Waals surface area contributed by atoms with Crippen LogP contribution in [0.25, 0.3) is 22.4 Å². The normalized spacial score (nSPS) is 16.1. The second-order valence-corrected chi connectivity index (χ2v) is 7.90. The van der Waals surface area contributed by atoms with E-state index in [1.165, 1.54) is 0 Å². The van der Waals surface area contributed by atoms with Gasteiger partial charge in [0, 0.05) is 20.1 Å². The molecule has 0 bridgehead atoms. The average Bonchev–Trinajstić information content (AvgIpc) is 3.27. The number of hydrogen-bond acceptors (Lipinski definition) is 7. The van der Waals surface area contributed by atoms with Crippen LogP contribution in [0.4, 0.5) is 0 Å². The molecule has 0 saturated heterocycles. The Morgan fingerprint density at radius 3 is 2.90 bits per heavy atom. The summed E-state index contributed by atoms with van der Waals surface area (Å²) in [6, 6.07) is 0.258. The van der Waals surface area contributed by atoms with Gasteiger partial charge in [0.05, 0.1) is 42.6 Å². The van der Waals surface area contributed by atoms with Crippen molar-refractivity contribution in [2.24, 2.45) is 14.1 Å². The second kappa shape index (κ2) is 9.03. The molecule has 1 atom stereocenters. The quantitative estimate of drug-likeness (QED) is 0.490. The molecule has 1 aliphatic heterocycles. The van der Waals surface area contributed by atoms with Crippen molar-refractivity contribution in [2.75, 3.05) is 13.2 Å². The molecule has 162 valence electrons. The molecular formula is C21H24BrN7O2. The van der Waals surface area contributed by atoms with Gasteiger partial charge in [-0.05, 0) is 35.0 Å². The first-order chi connectivity index (χ1) is 15.0. The lowest BCUT2D eigenvalue weighted by Crippen LogP contribution is -2.27. The number of nitrogens with zero attached hydrogens (tertiary/aromatic N) is 6. The van der Waals surface area contributed by atoms with Gasteiger partial charge in [-0.3, -0.25) is 9.36 Å². The van der Waals surface area contributed by atoms with Crippen LogP contribution in [0.1, 0.15) is 12.6 Å². The van der Waals surface area contributed by atoms with Gasteiger partial charge in [-0.2, -0.15) is 10.2 Å². The first-order valence-electron chi connectivity index (χ1n) is 9.86. The van der Waals surface area contributed by atoms with Crippen molar-refractivity contribution in [3.63, 3.8) is 0 Å². The molecule has 1 unspecified atom stereocenters. The smallest absolute Gasteiger partial charge is 0.163 e. The molecule has 10 heteroatoms. The zero-order chi connectivity index (χ0) is 22.0. The summed E-state index contributed by atoms with van der Waals surface area (Å²) in [5, 5.41) is 12.0. The summed E-state index contributed by atoms with van der Waals surface area (Å²) in [6.07, 6.45) is 9.28. The maximum atomic E-state index is 5.86. The van der Waals surface area contributed by atoms with Crippen molar-refractivity contribution in [1.82, 2.24) is 34.8 Å². The van der Waals surface area contributed by atoms with Gasteiger partial charge < -0.3 is 14.8 Å². The van der Waals surface area contributed by atoms with Crippen molar-refractivity contribution in [3.05, 3.63) is 59.0 Å². The zero-order valence-electron chi connectivity index (χ0n) is 17.7. The number of fused-ring (bicyclic) bond motifs is 1. The summed E-state index contributed by atoms with van der Waals surface area (Å²) in [7, 11) is 3.73. The minimum atomic E-state index is 0.258. The third-order valence-corrected chi connectivity index (χ3v) is 5.50. The van der Waals surface area contributed by atoms with E-state index in [1.54, 1.807) is 27.8 Å². The van der Waals surface area contributed by atoms with E-state index in [2.05, 4.69) is 54.9 Å². The molecule has 0 saturated carbocycles. The van der Waals surface area contributed by atoms with Crippen LogP contribution in [0.3, 0.4) is 0 Å². The van der Waals surface area contributed by atoms with Crippen LogP contribution in [-0.4, -0.2) is 48.8 Å². The van der Waals surface area contributed by atoms with Gasteiger partial charge >= 0.3 is 0 Å². The number of aryl methyl sites for hydroxylation is 2. The number of ether oxygens (including phenoxy) is 2.